The molecule has 0 fully saturated rings. The van der Waals surface area contributed by atoms with Crippen LogP contribution in [-0.2, 0) is 13.1 Å². The van der Waals surface area contributed by atoms with Crippen molar-refractivity contribution < 1.29 is 9.53 Å². The normalized spacial score (nSPS) is 10.5. The lowest BCUT2D eigenvalue weighted by molar-refractivity contribution is 0.251. The lowest BCUT2D eigenvalue weighted by atomic mass is 10.2. The van der Waals surface area contributed by atoms with Crippen LogP contribution in [0.25, 0.3) is 0 Å². The molecule has 0 saturated heterocycles. The maximum atomic E-state index is 12.2. The van der Waals surface area contributed by atoms with Crippen LogP contribution in [0.5, 0.6) is 5.75 Å². The molecule has 3 rings (SSSR count). The number of ether oxygens (including phenoxy) is 1. The van der Waals surface area contributed by atoms with E-state index in [1.54, 1.807) is 13.2 Å². The minimum atomic E-state index is -0.266. The lowest BCUT2D eigenvalue weighted by Crippen LogP contribution is -2.28. The summed E-state index contributed by atoms with van der Waals surface area (Å²) in [5, 5.41) is 10.3. The molecule has 140 valence electrons. The van der Waals surface area contributed by atoms with E-state index in [9.17, 15) is 4.79 Å². The van der Waals surface area contributed by atoms with Gasteiger partial charge in [0.1, 0.15) is 5.75 Å². The Kier molecular flexibility index (Phi) is 5.76. The molecule has 0 aliphatic carbocycles. The van der Waals surface area contributed by atoms with Crippen molar-refractivity contribution in [2.24, 2.45) is 0 Å². The average Bonchev–Trinajstić information content (AvgIpc) is 2.94. The third-order valence-electron chi connectivity index (χ3n) is 4.46. The molecule has 27 heavy (non-hydrogen) atoms. The summed E-state index contributed by atoms with van der Waals surface area (Å²) in [5.74, 6) is 0.696. The maximum Gasteiger partial charge on any atom is 0.319 e. The van der Waals surface area contributed by atoms with E-state index in [1.165, 1.54) is 5.56 Å². The zero-order valence-corrected chi connectivity index (χ0v) is 15.8. The van der Waals surface area contributed by atoms with Gasteiger partial charge in [0.05, 0.1) is 19.3 Å². The minimum absolute atomic E-state index is 0.266. The Labute approximate surface area is 159 Å². The molecule has 2 amide bonds. The van der Waals surface area contributed by atoms with Crippen LogP contribution in [0.15, 0.2) is 54.6 Å². The summed E-state index contributed by atoms with van der Waals surface area (Å²) < 4.78 is 7.14. The highest BCUT2D eigenvalue weighted by Gasteiger charge is 2.13. The molecule has 1 heterocycles. The molecular formula is C21H24N4O2. The summed E-state index contributed by atoms with van der Waals surface area (Å²) in [4.78, 5) is 12.2. The fraction of sp³-hybridized carbons (Fsp3) is 0.238. The molecule has 6 heteroatoms. The summed E-state index contributed by atoms with van der Waals surface area (Å²) in [6.07, 6.45) is 0. The first-order chi connectivity index (χ1) is 13.1. The molecule has 0 radical (unpaired) electrons. The number of nitrogens with one attached hydrogen (secondary N) is 2. The van der Waals surface area contributed by atoms with Crippen LogP contribution in [0.3, 0.4) is 0 Å². The number of benzene rings is 2. The van der Waals surface area contributed by atoms with Gasteiger partial charge in [-0.3, -0.25) is 4.68 Å². The molecule has 2 N–H and O–H groups in total. The summed E-state index contributed by atoms with van der Waals surface area (Å²) in [6, 6.07) is 17.2. The average molecular weight is 364 g/mol. The molecule has 0 aliphatic heterocycles. The summed E-state index contributed by atoms with van der Waals surface area (Å²) >= 11 is 0. The molecule has 0 aliphatic rings. The highest BCUT2D eigenvalue weighted by Crippen LogP contribution is 2.17. The third-order valence-corrected chi connectivity index (χ3v) is 4.46. The standard InChI is InChI=1S/C21H24N4O2/c1-15-20(16(2)25(24-15)14-17-8-5-4-6-9-17)13-22-21(26)23-18-10-7-11-19(12-18)27-3/h4-12H,13-14H2,1-3H3,(H2,22,23,26). The summed E-state index contributed by atoms with van der Waals surface area (Å²) in [7, 11) is 1.60. The Balaban J connectivity index is 1.63. The molecule has 0 atom stereocenters. The zero-order valence-electron chi connectivity index (χ0n) is 15.8. The first-order valence-corrected chi connectivity index (χ1v) is 8.82. The van der Waals surface area contributed by atoms with Crippen molar-refractivity contribution in [3.63, 3.8) is 0 Å². The van der Waals surface area contributed by atoms with Gasteiger partial charge in [0.25, 0.3) is 0 Å². The van der Waals surface area contributed by atoms with Gasteiger partial charge >= 0.3 is 6.03 Å². The van der Waals surface area contributed by atoms with E-state index in [1.807, 2.05) is 54.9 Å². The Morgan fingerprint density at radius 3 is 2.63 bits per heavy atom. The van der Waals surface area contributed by atoms with E-state index in [2.05, 4.69) is 27.9 Å². The number of hydrogen-bond acceptors (Lipinski definition) is 3. The molecular weight excluding hydrogens is 340 g/mol. The topological polar surface area (TPSA) is 68.2 Å². The number of nitrogens with zero attached hydrogens (tertiary/aromatic N) is 2. The number of hydrogen-bond donors (Lipinski definition) is 2. The first-order valence-electron chi connectivity index (χ1n) is 8.82. The molecule has 0 spiro atoms. The second-order valence-corrected chi connectivity index (χ2v) is 6.33. The van der Waals surface area contributed by atoms with Gasteiger partial charge in [-0.15, -0.1) is 0 Å². The van der Waals surface area contributed by atoms with E-state index in [4.69, 9.17) is 4.74 Å². The predicted octanol–water partition coefficient (Wildman–Crippen LogP) is 3.88. The smallest absolute Gasteiger partial charge is 0.319 e. The van der Waals surface area contributed by atoms with Gasteiger partial charge in [0.15, 0.2) is 0 Å². The van der Waals surface area contributed by atoms with Crippen LogP contribution in [-0.4, -0.2) is 22.9 Å². The maximum absolute atomic E-state index is 12.2. The number of anilines is 1. The Morgan fingerprint density at radius 1 is 1.11 bits per heavy atom. The molecule has 3 aromatic rings. The number of carbonyl (C=O) groups is 1. The fourth-order valence-corrected chi connectivity index (χ4v) is 2.94. The third kappa shape index (κ3) is 4.67. The van der Waals surface area contributed by atoms with Crippen LogP contribution in [0, 0.1) is 13.8 Å². The van der Waals surface area contributed by atoms with E-state index in [-0.39, 0.29) is 6.03 Å². The number of amides is 2. The second kappa shape index (κ2) is 8.40. The van der Waals surface area contributed by atoms with Gasteiger partial charge in [-0.2, -0.15) is 5.10 Å². The second-order valence-electron chi connectivity index (χ2n) is 6.33. The van der Waals surface area contributed by atoms with Gasteiger partial charge in [-0.05, 0) is 31.5 Å². The number of urea groups is 1. The van der Waals surface area contributed by atoms with Crippen molar-refractivity contribution >= 4 is 11.7 Å². The van der Waals surface area contributed by atoms with Gasteiger partial charge in [0, 0.05) is 29.6 Å². The number of methoxy groups -OCH3 is 1. The molecule has 2 aromatic carbocycles. The van der Waals surface area contributed by atoms with Crippen molar-refractivity contribution in [1.82, 2.24) is 15.1 Å². The molecule has 1 aromatic heterocycles. The molecule has 0 saturated carbocycles. The van der Waals surface area contributed by atoms with Gasteiger partial charge in [0.2, 0.25) is 0 Å². The molecule has 6 nitrogen and oxygen atoms in total. The summed E-state index contributed by atoms with van der Waals surface area (Å²) in [6.45, 7) is 5.12. The van der Waals surface area contributed by atoms with E-state index < -0.39 is 0 Å². The summed E-state index contributed by atoms with van der Waals surface area (Å²) in [5.41, 5.74) is 4.88. The van der Waals surface area contributed by atoms with Gasteiger partial charge < -0.3 is 15.4 Å². The highest BCUT2D eigenvalue weighted by atomic mass is 16.5. The molecule has 0 bridgehead atoms. The quantitative estimate of drug-likeness (QED) is 0.697. The van der Waals surface area contributed by atoms with Crippen molar-refractivity contribution in [2.75, 3.05) is 12.4 Å². The van der Waals surface area contributed by atoms with Crippen LogP contribution in [0.1, 0.15) is 22.5 Å². The number of aryl methyl sites for hydroxylation is 1. The van der Waals surface area contributed by atoms with E-state index >= 15 is 0 Å². The molecule has 0 unspecified atom stereocenters. The van der Waals surface area contributed by atoms with Crippen molar-refractivity contribution in [3.05, 3.63) is 77.1 Å². The monoisotopic (exact) mass is 364 g/mol. The van der Waals surface area contributed by atoms with Crippen molar-refractivity contribution in [3.8, 4) is 5.75 Å². The zero-order chi connectivity index (χ0) is 19.2. The van der Waals surface area contributed by atoms with Gasteiger partial charge in [-0.1, -0.05) is 36.4 Å². The first kappa shape index (κ1) is 18.5. The predicted molar refractivity (Wildman–Crippen MR) is 106 cm³/mol. The van der Waals surface area contributed by atoms with Crippen LogP contribution < -0.4 is 15.4 Å². The highest BCUT2D eigenvalue weighted by molar-refractivity contribution is 5.89. The Bertz CT molecular complexity index is 919. The number of aromatic nitrogens is 2. The van der Waals surface area contributed by atoms with Crippen molar-refractivity contribution in [1.29, 1.82) is 0 Å². The fourth-order valence-electron chi connectivity index (χ4n) is 2.94. The van der Waals surface area contributed by atoms with E-state index in [0.717, 1.165) is 17.0 Å². The number of rotatable bonds is 6. The lowest BCUT2D eigenvalue weighted by Gasteiger charge is -2.09. The number of carbonyl (C=O) groups excluding carboxylic acids is 1. The Morgan fingerprint density at radius 2 is 1.89 bits per heavy atom. The van der Waals surface area contributed by atoms with Crippen LogP contribution >= 0.6 is 0 Å². The van der Waals surface area contributed by atoms with E-state index in [0.29, 0.717) is 24.5 Å². The van der Waals surface area contributed by atoms with Crippen LogP contribution in [0.4, 0.5) is 10.5 Å². The SMILES string of the molecule is COc1cccc(NC(=O)NCc2c(C)nn(Cc3ccccc3)c2C)c1. The van der Waals surface area contributed by atoms with Gasteiger partial charge in [-0.25, -0.2) is 4.79 Å². The minimum Gasteiger partial charge on any atom is -0.497 e. The van der Waals surface area contributed by atoms with Crippen LogP contribution in [0.2, 0.25) is 0 Å². The van der Waals surface area contributed by atoms with Crippen molar-refractivity contribution in [2.45, 2.75) is 26.9 Å². The Hall–Kier alpha value is -3.28. The largest absolute Gasteiger partial charge is 0.497 e.